The third-order valence-electron chi connectivity index (χ3n) is 3.73. The molecule has 122 valence electrons. The molecule has 1 saturated heterocycles. The molecule has 6 nitrogen and oxygen atoms in total. The third kappa shape index (κ3) is 4.08. The number of aryl methyl sites for hydroxylation is 2. The first-order chi connectivity index (χ1) is 10.2. The first-order valence-electron chi connectivity index (χ1n) is 7.66. The number of Topliss-reactive ketones (excluding diaryl/α,β-unsaturated/α-hetero) is 1. The number of nitrogens with zero attached hydrogens (tertiary/aromatic N) is 3. The minimum atomic E-state index is -0.521. The summed E-state index contributed by atoms with van der Waals surface area (Å²) in [4.78, 5) is 26.0. The zero-order valence-corrected chi connectivity index (χ0v) is 14.0. The van der Waals surface area contributed by atoms with Gasteiger partial charge in [-0.1, -0.05) is 0 Å². The fourth-order valence-electron chi connectivity index (χ4n) is 2.69. The van der Waals surface area contributed by atoms with Gasteiger partial charge in [0, 0.05) is 44.6 Å². The van der Waals surface area contributed by atoms with Gasteiger partial charge in [0.05, 0.1) is 5.69 Å². The van der Waals surface area contributed by atoms with Crippen LogP contribution in [-0.2, 0) is 23.0 Å². The smallest absolute Gasteiger partial charge is 0.410 e. The predicted octanol–water partition coefficient (Wildman–Crippen LogP) is 2.10. The Morgan fingerprint density at radius 3 is 2.68 bits per heavy atom. The van der Waals surface area contributed by atoms with E-state index in [9.17, 15) is 9.59 Å². The van der Waals surface area contributed by atoms with Gasteiger partial charge in [0.1, 0.15) is 11.4 Å². The van der Waals surface area contributed by atoms with Gasteiger partial charge in [0.15, 0.2) is 0 Å². The Bertz CT molecular complexity index is 572. The monoisotopic (exact) mass is 307 g/mol. The van der Waals surface area contributed by atoms with Crippen LogP contribution in [0.3, 0.4) is 0 Å². The summed E-state index contributed by atoms with van der Waals surface area (Å²) in [5, 5.41) is 4.30. The number of ether oxygens (including phenoxy) is 1. The van der Waals surface area contributed by atoms with Gasteiger partial charge in [-0.25, -0.2) is 4.79 Å². The number of hydrogen-bond donors (Lipinski definition) is 0. The molecule has 0 saturated carbocycles. The lowest BCUT2D eigenvalue weighted by Crippen LogP contribution is -2.46. The number of hydrogen-bond acceptors (Lipinski definition) is 4. The molecule has 6 heteroatoms. The van der Waals surface area contributed by atoms with Gasteiger partial charge in [0.25, 0.3) is 0 Å². The van der Waals surface area contributed by atoms with Gasteiger partial charge in [-0.3, -0.25) is 9.48 Å². The van der Waals surface area contributed by atoms with E-state index in [2.05, 4.69) is 5.10 Å². The van der Waals surface area contributed by atoms with Crippen molar-refractivity contribution in [1.29, 1.82) is 0 Å². The van der Waals surface area contributed by atoms with Crippen LogP contribution in [-0.4, -0.2) is 45.2 Å². The van der Waals surface area contributed by atoms with E-state index in [1.807, 2.05) is 40.8 Å². The molecule has 0 spiro atoms. The van der Waals surface area contributed by atoms with E-state index in [0.717, 1.165) is 11.4 Å². The van der Waals surface area contributed by atoms with Crippen LogP contribution in [0.4, 0.5) is 4.79 Å². The first kappa shape index (κ1) is 16.5. The molecule has 1 aliphatic rings. The van der Waals surface area contributed by atoms with Crippen molar-refractivity contribution in [3.63, 3.8) is 0 Å². The van der Waals surface area contributed by atoms with Gasteiger partial charge in [-0.05, 0) is 33.8 Å². The van der Waals surface area contributed by atoms with Crippen LogP contribution in [0.1, 0.15) is 38.6 Å². The Morgan fingerprint density at radius 2 is 2.14 bits per heavy atom. The Labute approximate surface area is 131 Å². The summed E-state index contributed by atoms with van der Waals surface area (Å²) < 4.78 is 7.20. The van der Waals surface area contributed by atoms with Crippen molar-refractivity contribution >= 4 is 11.9 Å². The maximum atomic E-state index is 12.2. The summed E-state index contributed by atoms with van der Waals surface area (Å²) in [5.74, 6) is 0.0229. The fraction of sp³-hybridized carbons (Fsp3) is 0.688. The minimum Gasteiger partial charge on any atom is -0.444 e. The topological polar surface area (TPSA) is 64.4 Å². The highest BCUT2D eigenvalue weighted by Gasteiger charge is 2.32. The van der Waals surface area contributed by atoms with Crippen LogP contribution in [0, 0.1) is 12.8 Å². The lowest BCUT2D eigenvalue weighted by atomic mass is 9.92. The van der Waals surface area contributed by atoms with Crippen LogP contribution in [0.15, 0.2) is 6.07 Å². The van der Waals surface area contributed by atoms with Crippen molar-refractivity contribution < 1.29 is 14.3 Å². The molecular formula is C16H25N3O3. The first-order valence-corrected chi connectivity index (χ1v) is 7.66. The van der Waals surface area contributed by atoms with Crippen LogP contribution >= 0.6 is 0 Å². The number of likely N-dealkylation sites (tertiary alicyclic amines) is 1. The molecule has 1 atom stereocenters. The molecule has 22 heavy (non-hydrogen) atoms. The summed E-state index contributed by atoms with van der Waals surface area (Å²) in [6.07, 6.45) is 0.655. The summed E-state index contributed by atoms with van der Waals surface area (Å²) in [6, 6.07) is 1.99. The second kappa shape index (κ2) is 6.10. The summed E-state index contributed by atoms with van der Waals surface area (Å²) in [6.45, 7) is 8.31. The summed E-state index contributed by atoms with van der Waals surface area (Å²) in [7, 11) is 1.88. The number of aromatic nitrogens is 2. The number of amides is 1. The molecule has 0 radical (unpaired) electrons. The molecule has 1 aromatic heterocycles. The van der Waals surface area contributed by atoms with Gasteiger partial charge in [-0.2, -0.15) is 5.10 Å². The van der Waals surface area contributed by atoms with E-state index in [4.69, 9.17) is 4.74 Å². The normalized spacial score (nSPS) is 19.4. The molecule has 0 N–H and O–H groups in total. The van der Waals surface area contributed by atoms with E-state index < -0.39 is 5.60 Å². The van der Waals surface area contributed by atoms with Crippen LogP contribution in [0.25, 0.3) is 0 Å². The Balaban J connectivity index is 2.03. The zero-order chi connectivity index (χ0) is 16.5. The highest BCUT2D eigenvalue weighted by Crippen LogP contribution is 2.20. The Hall–Kier alpha value is -1.85. The molecule has 0 bridgehead atoms. The minimum absolute atomic E-state index is 0.184. The van der Waals surface area contributed by atoms with Crippen molar-refractivity contribution in [2.24, 2.45) is 13.0 Å². The number of ketones is 1. The number of carbonyl (C=O) groups is 2. The SMILES string of the molecule is Cc1cc(CC2CN(C(=O)OC(C)(C)C)CCC2=O)n(C)n1. The summed E-state index contributed by atoms with van der Waals surface area (Å²) >= 11 is 0. The molecule has 1 unspecified atom stereocenters. The second-order valence-corrected chi connectivity index (χ2v) is 6.94. The molecule has 2 rings (SSSR count). The van der Waals surface area contributed by atoms with Crippen molar-refractivity contribution in [1.82, 2.24) is 14.7 Å². The highest BCUT2D eigenvalue weighted by molar-refractivity contribution is 5.84. The second-order valence-electron chi connectivity index (χ2n) is 6.94. The van der Waals surface area contributed by atoms with Gasteiger partial charge in [0.2, 0.25) is 0 Å². The summed E-state index contributed by atoms with van der Waals surface area (Å²) in [5.41, 5.74) is 1.43. The van der Waals surface area contributed by atoms with Gasteiger partial charge < -0.3 is 9.64 Å². The fourth-order valence-corrected chi connectivity index (χ4v) is 2.69. The number of piperidine rings is 1. The molecule has 1 aromatic rings. The Kier molecular flexibility index (Phi) is 4.58. The molecule has 2 heterocycles. The number of carbonyl (C=O) groups excluding carboxylic acids is 2. The van der Waals surface area contributed by atoms with Crippen molar-refractivity contribution in [2.45, 2.75) is 46.1 Å². The average molecular weight is 307 g/mol. The quantitative estimate of drug-likeness (QED) is 0.839. The lowest BCUT2D eigenvalue weighted by Gasteiger charge is -2.33. The van der Waals surface area contributed by atoms with Crippen molar-refractivity contribution in [3.05, 3.63) is 17.5 Å². The maximum Gasteiger partial charge on any atom is 0.410 e. The van der Waals surface area contributed by atoms with Crippen LogP contribution in [0.5, 0.6) is 0 Å². The largest absolute Gasteiger partial charge is 0.444 e. The van der Waals surface area contributed by atoms with Gasteiger partial charge in [-0.15, -0.1) is 0 Å². The molecule has 1 amide bonds. The zero-order valence-electron chi connectivity index (χ0n) is 14.0. The predicted molar refractivity (Wildman–Crippen MR) is 82.6 cm³/mol. The van der Waals surface area contributed by atoms with Crippen molar-refractivity contribution in [3.8, 4) is 0 Å². The Morgan fingerprint density at radius 1 is 1.45 bits per heavy atom. The van der Waals surface area contributed by atoms with Crippen LogP contribution in [0.2, 0.25) is 0 Å². The molecule has 1 fully saturated rings. The van der Waals surface area contributed by atoms with Crippen LogP contribution < -0.4 is 0 Å². The third-order valence-corrected chi connectivity index (χ3v) is 3.73. The van der Waals surface area contributed by atoms with E-state index in [-0.39, 0.29) is 17.8 Å². The molecule has 1 aliphatic heterocycles. The lowest BCUT2D eigenvalue weighted by molar-refractivity contribution is -0.125. The highest BCUT2D eigenvalue weighted by atomic mass is 16.6. The standard InChI is InChI=1S/C16H25N3O3/c1-11-8-13(18(5)17-11)9-12-10-19(7-6-14(12)20)15(21)22-16(2,3)4/h8,12H,6-7,9-10H2,1-5H3. The van der Waals surface area contributed by atoms with Gasteiger partial charge >= 0.3 is 6.09 Å². The maximum absolute atomic E-state index is 12.2. The van der Waals surface area contributed by atoms with E-state index >= 15 is 0 Å². The molecule has 0 aliphatic carbocycles. The number of rotatable bonds is 2. The van der Waals surface area contributed by atoms with E-state index in [0.29, 0.717) is 25.9 Å². The molecular weight excluding hydrogens is 282 g/mol. The average Bonchev–Trinajstić information content (AvgIpc) is 2.68. The molecule has 0 aromatic carbocycles. The van der Waals surface area contributed by atoms with Crippen molar-refractivity contribution in [2.75, 3.05) is 13.1 Å². The van der Waals surface area contributed by atoms with E-state index in [1.165, 1.54) is 0 Å². The van der Waals surface area contributed by atoms with E-state index in [1.54, 1.807) is 9.58 Å².